The lowest BCUT2D eigenvalue weighted by atomic mass is 10.3. The van der Waals surface area contributed by atoms with Gasteiger partial charge < -0.3 is 9.32 Å². The number of hydrogen-bond acceptors (Lipinski definition) is 5. The van der Waals surface area contributed by atoms with Crippen molar-refractivity contribution in [1.29, 1.82) is 0 Å². The highest BCUT2D eigenvalue weighted by molar-refractivity contribution is 8.00. The number of amides is 1. The molecule has 110 valence electrons. The Bertz CT molecular complexity index is 639. The van der Waals surface area contributed by atoms with E-state index in [0.29, 0.717) is 12.3 Å². The normalized spacial score (nSPS) is 18.5. The van der Waals surface area contributed by atoms with Crippen molar-refractivity contribution in [2.45, 2.75) is 32.2 Å². The number of rotatable bonds is 4. The maximum Gasteiger partial charge on any atom is 0.234 e. The minimum absolute atomic E-state index is 0.0686. The summed E-state index contributed by atoms with van der Waals surface area (Å²) in [6.07, 6.45) is 4.30. The lowest BCUT2D eigenvalue weighted by molar-refractivity contribution is -0.128. The Kier molecular flexibility index (Phi) is 3.96. The minimum atomic E-state index is -0.0686. The summed E-state index contributed by atoms with van der Waals surface area (Å²) in [5.74, 6) is 2.37. The molecule has 2 aromatic heterocycles. The van der Waals surface area contributed by atoms with Crippen LogP contribution in [0.1, 0.15) is 35.2 Å². The maximum absolute atomic E-state index is 12.1. The van der Waals surface area contributed by atoms with Crippen LogP contribution in [0.25, 0.3) is 0 Å². The number of carbonyl (C=O) groups is 1. The number of carbonyl (C=O) groups excluding carboxylic acids is 1. The van der Waals surface area contributed by atoms with Gasteiger partial charge in [0.15, 0.2) is 0 Å². The lowest BCUT2D eigenvalue weighted by Crippen LogP contribution is -2.28. The Labute approximate surface area is 127 Å². The third-order valence-corrected chi connectivity index (χ3v) is 4.63. The minimum Gasteiger partial charge on any atom is -0.463 e. The summed E-state index contributed by atoms with van der Waals surface area (Å²) in [4.78, 5) is 22.5. The molecule has 0 spiro atoms. The van der Waals surface area contributed by atoms with E-state index >= 15 is 0 Å². The smallest absolute Gasteiger partial charge is 0.234 e. The van der Waals surface area contributed by atoms with Crippen molar-refractivity contribution >= 4 is 17.7 Å². The van der Waals surface area contributed by atoms with Gasteiger partial charge in [0.25, 0.3) is 0 Å². The van der Waals surface area contributed by atoms with E-state index in [2.05, 4.69) is 16.9 Å². The first-order valence-electron chi connectivity index (χ1n) is 6.94. The zero-order valence-corrected chi connectivity index (χ0v) is 12.9. The molecule has 0 radical (unpaired) electrons. The van der Waals surface area contributed by atoms with E-state index in [0.717, 1.165) is 29.3 Å². The first kappa shape index (κ1) is 14.1. The predicted molar refractivity (Wildman–Crippen MR) is 80.6 cm³/mol. The zero-order valence-electron chi connectivity index (χ0n) is 12.1. The monoisotopic (exact) mass is 303 g/mol. The molecule has 21 heavy (non-hydrogen) atoms. The number of aryl methyl sites for hydroxylation is 2. The second-order valence-corrected chi connectivity index (χ2v) is 6.06. The Morgan fingerprint density at radius 1 is 1.38 bits per heavy atom. The van der Waals surface area contributed by atoms with Gasteiger partial charge in [0.1, 0.15) is 16.9 Å². The molecule has 1 saturated heterocycles. The van der Waals surface area contributed by atoms with Crippen LogP contribution in [-0.4, -0.2) is 26.5 Å². The molecule has 5 nitrogen and oxygen atoms in total. The topological polar surface area (TPSA) is 59.2 Å². The Balaban J connectivity index is 1.80. The van der Waals surface area contributed by atoms with Gasteiger partial charge in [-0.1, -0.05) is 6.92 Å². The molecule has 0 N–H and O–H groups in total. The SMILES string of the molecule is CCc1ccc(C2SCC(=O)N2Cc2cnc(C)cn2)o1. The van der Waals surface area contributed by atoms with Crippen LogP contribution in [0.2, 0.25) is 0 Å². The fourth-order valence-corrected chi connectivity index (χ4v) is 3.38. The molecule has 6 heteroatoms. The molecule has 1 unspecified atom stereocenters. The average Bonchev–Trinajstić information content (AvgIpc) is 3.09. The van der Waals surface area contributed by atoms with Crippen molar-refractivity contribution < 1.29 is 9.21 Å². The van der Waals surface area contributed by atoms with Gasteiger partial charge in [0.2, 0.25) is 5.91 Å². The highest BCUT2D eigenvalue weighted by Crippen LogP contribution is 2.40. The molecular formula is C15H17N3O2S. The highest BCUT2D eigenvalue weighted by atomic mass is 32.2. The summed E-state index contributed by atoms with van der Waals surface area (Å²) in [6, 6.07) is 3.94. The maximum atomic E-state index is 12.1. The van der Waals surface area contributed by atoms with Crippen LogP contribution in [0.5, 0.6) is 0 Å². The fourth-order valence-electron chi connectivity index (χ4n) is 2.25. The van der Waals surface area contributed by atoms with Crippen LogP contribution in [0.3, 0.4) is 0 Å². The quantitative estimate of drug-likeness (QED) is 0.869. The second-order valence-electron chi connectivity index (χ2n) is 4.99. The van der Waals surface area contributed by atoms with E-state index in [1.165, 1.54) is 0 Å². The van der Waals surface area contributed by atoms with E-state index in [9.17, 15) is 4.79 Å². The summed E-state index contributed by atoms with van der Waals surface area (Å²) >= 11 is 1.59. The van der Waals surface area contributed by atoms with Crippen LogP contribution in [0, 0.1) is 6.92 Å². The van der Waals surface area contributed by atoms with E-state index < -0.39 is 0 Å². The number of furan rings is 1. The van der Waals surface area contributed by atoms with Crippen LogP contribution < -0.4 is 0 Å². The molecule has 0 saturated carbocycles. The molecule has 1 aliphatic heterocycles. The first-order chi connectivity index (χ1) is 10.2. The average molecular weight is 303 g/mol. The Morgan fingerprint density at radius 3 is 2.90 bits per heavy atom. The number of nitrogens with zero attached hydrogens (tertiary/aromatic N) is 3. The van der Waals surface area contributed by atoms with Crippen molar-refractivity contribution in [3.63, 3.8) is 0 Å². The molecule has 1 atom stereocenters. The summed E-state index contributed by atoms with van der Waals surface area (Å²) < 4.78 is 5.80. The van der Waals surface area contributed by atoms with Crippen LogP contribution in [0.4, 0.5) is 0 Å². The van der Waals surface area contributed by atoms with Crippen LogP contribution in [-0.2, 0) is 17.8 Å². The van der Waals surface area contributed by atoms with Gasteiger partial charge in [-0.3, -0.25) is 14.8 Å². The fraction of sp³-hybridized carbons (Fsp3) is 0.400. The van der Waals surface area contributed by atoms with E-state index in [1.807, 2.05) is 24.0 Å². The second kappa shape index (κ2) is 5.89. The summed E-state index contributed by atoms with van der Waals surface area (Å²) in [7, 11) is 0. The molecule has 0 aliphatic carbocycles. The van der Waals surface area contributed by atoms with Crippen molar-refractivity contribution in [3.8, 4) is 0 Å². The molecule has 3 heterocycles. The van der Waals surface area contributed by atoms with Gasteiger partial charge in [-0.25, -0.2) is 0 Å². The summed E-state index contributed by atoms with van der Waals surface area (Å²) in [5, 5.41) is -0.0686. The van der Waals surface area contributed by atoms with Crippen molar-refractivity contribution in [3.05, 3.63) is 47.4 Å². The van der Waals surface area contributed by atoms with Gasteiger partial charge >= 0.3 is 0 Å². The predicted octanol–water partition coefficient (Wildman–Crippen LogP) is 2.71. The Hall–Kier alpha value is -1.82. The third-order valence-electron chi connectivity index (χ3n) is 3.41. The third kappa shape index (κ3) is 2.95. The number of hydrogen-bond donors (Lipinski definition) is 0. The molecule has 1 aliphatic rings. The number of aromatic nitrogens is 2. The Morgan fingerprint density at radius 2 is 2.24 bits per heavy atom. The lowest BCUT2D eigenvalue weighted by Gasteiger charge is -2.21. The van der Waals surface area contributed by atoms with E-state index in [4.69, 9.17) is 4.42 Å². The highest BCUT2D eigenvalue weighted by Gasteiger charge is 2.35. The molecule has 1 fully saturated rings. The summed E-state index contributed by atoms with van der Waals surface area (Å²) in [6.45, 7) is 4.41. The van der Waals surface area contributed by atoms with E-state index in [-0.39, 0.29) is 11.3 Å². The van der Waals surface area contributed by atoms with Crippen LogP contribution in [0.15, 0.2) is 28.9 Å². The zero-order chi connectivity index (χ0) is 14.8. The molecule has 1 amide bonds. The first-order valence-corrected chi connectivity index (χ1v) is 7.99. The van der Waals surface area contributed by atoms with Crippen molar-refractivity contribution in [2.24, 2.45) is 0 Å². The van der Waals surface area contributed by atoms with Gasteiger partial charge in [-0.15, -0.1) is 11.8 Å². The van der Waals surface area contributed by atoms with E-state index in [1.54, 1.807) is 24.2 Å². The molecule has 3 rings (SSSR count). The van der Waals surface area contributed by atoms with Gasteiger partial charge in [0.05, 0.1) is 29.9 Å². The van der Waals surface area contributed by atoms with Gasteiger partial charge in [-0.2, -0.15) is 0 Å². The number of thioether (sulfide) groups is 1. The van der Waals surface area contributed by atoms with Gasteiger partial charge in [0, 0.05) is 12.6 Å². The largest absolute Gasteiger partial charge is 0.463 e. The van der Waals surface area contributed by atoms with Crippen LogP contribution >= 0.6 is 11.8 Å². The van der Waals surface area contributed by atoms with Crippen molar-refractivity contribution in [1.82, 2.24) is 14.9 Å². The van der Waals surface area contributed by atoms with Gasteiger partial charge in [-0.05, 0) is 19.1 Å². The molecule has 0 aromatic carbocycles. The molecular weight excluding hydrogens is 286 g/mol. The summed E-state index contributed by atoms with van der Waals surface area (Å²) in [5.41, 5.74) is 1.67. The van der Waals surface area contributed by atoms with Crippen molar-refractivity contribution in [2.75, 3.05) is 5.75 Å². The molecule has 0 bridgehead atoms. The molecule has 2 aromatic rings. The standard InChI is InChI=1S/C15H17N3O2S/c1-3-12-4-5-13(20-12)15-18(14(19)9-21-15)8-11-7-16-10(2)6-17-11/h4-7,15H,3,8-9H2,1-2H3.